The molecule has 224 valence electrons. The highest BCUT2D eigenvalue weighted by Crippen LogP contribution is 2.36. The predicted octanol–water partition coefficient (Wildman–Crippen LogP) is 7.95. The van der Waals surface area contributed by atoms with Gasteiger partial charge in [-0.3, -0.25) is 4.79 Å². The minimum atomic E-state index is -4.88. The van der Waals surface area contributed by atoms with Crippen molar-refractivity contribution in [1.29, 1.82) is 0 Å². The molecule has 10 heteroatoms. The van der Waals surface area contributed by atoms with Crippen LogP contribution in [0.3, 0.4) is 0 Å². The molecule has 5 rings (SSSR count). The van der Waals surface area contributed by atoms with E-state index in [0.717, 1.165) is 37.2 Å². The first kappa shape index (κ1) is 29.9. The molecule has 1 amide bonds. The topological polar surface area (TPSA) is 84.7 Å². The van der Waals surface area contributed by atoms with Crippen LogP contribution in [0.25, 0.3) is 11.5 Å². The molecule has 1 N–H and O–H groups in total. The van der Waals surface area contributed by atoms with Crippen molar-refractivity contribution in [3.63, 3.8) is 0 Å². The number of anilines is 2. The van der Waals surface area contributed by atoms with Crippen molar-refractivity contribution in [2.45, 2.75) is 51.3 Å². The fraction of sp³-hybridized carbons (Fsp3) is 0.303. The first-order valence-corrected chi connectivity index (χ1v) is 14.0. The number of ether oxygens (including phenoxy) is 1. The number of benzene rings is 3. The standard InChI is InChI=1S/C33H32F3N3O4/c1-32(2,3)43-31(41)24-11-15-26(16-12-24)39-19-17-22(18-20-39)21-9-13-25(14-10-21)37-29(40)27-28(33(34,35)36)42-30(38-27)23-7-5-4-6-8-23/h4-16,22H,17-20H2,1-3H3,(H,37,40). The molecule has 0 aliphatic carbocycles. The summed E-state index contributed by atoms with van der Waals surface area (Å²) >= 11 is 0. The van der Waals surface area contributed by atoms with E-state index in [9.17, 15) is 22.8 Å². The van der Waals surface area contributed by atoms with Crippen molar-refractivity contribution in [3.8, 4) is 11.5 Å². The summed E-state index contributed by atoms with van der Waals surface area (Å²) in [7, 11) is 0. The number of halogens is 3. The van der Waals surface area contributed by atoms with Gasteiger partial charge in [0.25, 0.3) is 5.91 Å². The Hall–Kier alpha value is -4.60. The predicted molar refractivity (Wildman–Crippen MR) is 157 cm³/mol. The molecule has 0 bridgehead atoms. The molecule has 0 unspecified atom stereocenters. The summed E-state index contributed by atoms with van der Waals surface area (Å²) in [5, 5.41) is 2.52. The van der Waals surface area contributed by atoms with Gasteiger partial charge in [-0.15, -0.1) is 0 Å². The van der Waals surface area contributed by atoms with E-state index >= 15 is 0 Å². The van der Waals surface area contributed by atoms with Crippen molar-refractivity contribution in [3.05, 3.63) is 101 Å². The molecular formula is C33H32F3N3O4. The average Bonchev–Trinajstić information content (AvgIpc) is 3.44. The minimum absolute atomic E-state index is 0.279. The Morgan fingerprint density at radius 2 is 1.53 bits per heavy atom. The Bertz CT molecular complexity index is 1570. The first-order valence-electron chi connectivity index (χ1n) is 14.0. The van der Waals surface area contributed by atoms with E-state index in [1.807, 2.05) is 45.0 Å². The van der Waals surface area contributed by atoms with Crippen molar-refractivity contribution < 1.29 is 31.9 Å². The monoisotopic (exact) mass is 591 g/mol. The van der Waals surface area contributed by atoms with Crippen molar-refractivity contribution in [2.75, 3.05) is 23.3 Å². The van der Waals surface area contributed by atoms with Gasteiger partial charge in [-0.2, -0.15) is 13.2 Å². The number of oxazole rings is 1. The number of nitrogens with one attached hydrogen (secondary N) is 1. The van der Waals surface area contributed by atoms with Crippen LogP contribution in [-0.2, 0) is 10.9 Å². The molecule has 43 heavy (non-hydrogen) atoms. The largest absolute Gasteiger partial charge is 0.456 e. The summed E-state index contributed by atoms with van der Waals surface area (Å²) in [4.78, 5) is 31.3. The summed E-state index contributed by atoms with van der Waals surface area (Å²) in [5.41, 5.74) is 1.94. The lowest BCUT2D eigenvalue weighted by Crippen LogP contribution is -2.32. The van der Waals surface area contributed by atoms with Gasteiger partial charge in [0.15, 0.2) is 5.69 Å². The maximum atomic E-state index is 13.6. The molecule has 1 aromatic heterocycles. The Balaban J connectivity index is 1.20. The first-order chi connectivity index (χ1) is 20.4. The van der Waals surface area contributed by atoms with Crippen LogP contribution in [0.1, 0.15) is 71.7 Å². The summed E-state index contributed by atoms with van der Waals surface area (Å²) in [6.07, 6.45) is -3.09. The number of rotatable bonds is 6. The summed E-state index contributed by atoms with van der Waals surface area (Å²) < 4.78 is 51.3. The highest BCUT2D eigenvalue weighted by Gasteiger charge is 2.42. The number of hydrogen-bond acceptors (Lipinski definition) is 6. The maximum absolute atomic E-state index is 13.6. The van der Waals surface area contributed by atoms with E-state index in [1.165, 1.54) is 0 Å². The van der Waals surface area contributed by atoms with E-state index < -0.39 is 29.1 Å². The number of esters is 1. The van der Waals surface area contributed by atoms with E-state index in [2.05, 4.69) is 15.2 Å². The third-order valence-corrected chi connectivity index (χ3v) is 7.12. The molecule has 1 aliphatic heterocycles. The lowest BCUT2D eigenvalue weighted by molar-refractivity contribution is -0.153. The van der Waals surface area contributed by atoms with Crippen LogP contribution in [0, 0.1) is 0 Å². The van der Waals surface area contributed by atoms with E-state index in [0.29, 0.717) is 22.7 Å². The molecule has 7 nitrogen and oxygen atoms in total. The molecule has 2 heterocycles. The maximum Gasteiger partial charge on any atom is 0.452 e. The molecule has 0 spiro atoms. The minimum Gasteiger partial charge on any atom is -0.456 e. The zero-order valence-electron chi connectivity index (χ0n) is 24.1. The van der Waals surface area contributed by atoms with Crippen molar-refractivity contribution >= 4 is 23.3 Å². The average molecular weight is 592 g/mol. The van der Waals surface area contributed by atoms with Crippen molar-refractivity contribution in [1.82, 2.24) is 4.98 Å². The second-order valence-electron chi connectivity index (χ2n) is 11.4. The SMILES string of the molecule is CC(C)(C)OC(=O)c1ccc(N2CCC(c3ccc(NC(=O)c4nc(-c5ccccc5)oc4C(F)(F)F)cc3)CC2)cc1. The van der Waals surface area contributed by atoms with Crippen LogP contribution in [0.4, 0.5) is 24.5 Å². The Labute approximate surface area is 247 Å². The molecule has 1 fully saturated rings. The molecule has 3 aromatic carbocycles. The lowest BCUT2D eigenvalue weighted by Gasteiger charge is -2.34. The molecule has 0 radical (unpaired) electrons. The normalized spacial score (nSPS) is 14.4. The zero-order chi connectivity index (χ0) is 30.8. The third kappa shape index (κ3) is 7.25. The Morgan fingerprint density at radius 1 is 0.907 bits per heavy atom. The van der Waals surface area contributed by atoms with Gasteiger partial charge in [-0.1, -0.05) is 30.3 Å². The summed E-state index contributed by atoms with van der Waals surface area (Å²) in [5.74, 6) is -2.78. The molecule has 0 saturated carbocycles. The van der Waals surface area contributed by atoms with E-state index in [4.69, 9.17) is 9.15 Å². The summed E-state index contributed by atoms with van der Waals surface area (Å²) in [6, 6.07) is 22.7. The van der Waals surface area contributed by atoms with Gasteiger partial charge < -0.3 is 19.4 Å². The van der Waals surface area contributed by atoms with Gasteiger partial charge in [0.05, 0.1) is 5.56 Å². The van der Waals surface area contributed by atoms with Gasteiger partial charge >= 0.3 is 12.1 Å². The number of carbonyl (C=O) groups is 2. The van der Waals surface area contributed by atoms with Gasteiger partial charge in [-0.25, -0.2) is 9.78 Å². The van der Waals surface area contributed by atoms with Crippen LogP contribution in [0.5, 0.6) is 0 Å². The number of carbonyl (C=O) groups excluding carboxylic acids is 2. The van der Waals surface area contributed by atoms with Crippen LogP contribution in [0.2, 0.25) is 0 Å². The molecule has 4 aromatic rings. The highest BCUT2D eigenvalue weighted by molar-refractivity contribution is 6.04. The van der Waals surface area contributed by atoms with Crippen LogP contribution in [-0.4, -0.2) is 35.6 Å². The molecule has 0 atom stereocenters. The van der Waals surface area contributed by atoms with Gasteiger partial charge in [0, 0.05) is 30.0 Å². The van der Waals surface area contributed by atoms with Gasteiger partial charge in [0.1, 0.15) is 5.60 Å². The van der Waals surface area contributed by atoms with Gasteiger partial charge in [-0.05, 0) is 93.6 Å². The van der Waals surface area contributed by atoms with Crippen LogP contribution in [0.15, 0.2) is 83.3 Å². The molecule has 1 saturated heterocycles. The fourth-order valence-electron chi connectivity index (χ4n) is 5.02. The van der Waals surface area contributed by atoms with Crippen LogP contribution >= 0.6 is 0 Å². The second kappa shape index (κ2) is 11.9. The smallest absolute Gasteiger partial charge is 0.452 e. The molecular weight excluding hydrogens is 559 g/mol. The quantitative estimate of drug-likeness (QED) is 0.229. The Kier molecular flexibility index (Phi) is 8.30. The number of aromatic nitrogens is 1. The highest BCUT2D eigenvalue weighted by atomic mass is 19.4. The lowest BCUT2D eigenvalue weighted by atomic mass is 9.89. The number of nitrogens with zero attached hydrogens (tertiary/aromatic N) is 2. The van der Waals surface area contributed by atoms with E-state index in [-0.39, 0.29) is 11.9 Å². The number of hydrogen-bond donors (Lipinski definition) is 1. The number of alkyl halides is 3. The summed E-state index contributed by atoms with van der Waals surface area (Å²) in [6.45, 7) is 7.15. The van der Waals surface area contributed by atoms with Crippen LogP contribution < -0.4 is 10.2 Å². The molecule has 1 aliphatic rings. The second-order valence-corrected chi connectivity index (χ2v) is 11.4. The fourth-order valence-corrected chi connectivity index (χ4v) is 5.02. The van der Waals surface area contributed by atoms with Gasteiger partial charge in [0.2, 0.25) is 11.7 Å². The number of amides is 1. The van der Waals surface area contributed by atoms with E-state index in [1.54, 1.807) is 54.6 Å². The zero-order valence-corrected chi connectivity index (χ0v) is 24.1. The third-order valence-electron chi connectivity index (χ3n) is 7.12. The van der Waals surface area contributed by atoms with Crippen molar-refractivity contribution in [2.24, 2.45) is 0 Å². The number of piperidine rings is 1. The Morgan fingerprint density at radius 3 is 2.12 bits per heavy atom.